The Balaban J connectivity index is 1.94. The number of amides is 2. The monoisotopic (exact) mass is 340 g/mol. The average Bonchev–Trinajstić information content (AvgIpc) is 2.96. The molecule has 2 aromatic carbocycles. The molecule has 3 aromatic rings. The van der Waals surface area contributed by atoms with Gasteiger partial charge in [0.1, 0.15) is 11.2 Å². The van der Waals surface area contributed by atoms with Gasteiger partial charge < -0.3 is 15.0 Å². The molecule has 1 aromatic heterocycles. The van der Waals surface area contributed by atoms with E-state index in [0.29, 0.717) is 12.0 Å². The molecular formula is C19H20N2O4. The lowest BCUT2D eigenvalue weighted by atomic mass is 10.1. The molecule has 0 aliphatic carbocycles. The Morgan fingerprint density at radius 1 is 1.16 bits per heavy atom. The van der Waals surface area contributed by atoms with Crippen LogP contribution in [0.3, 0.4) is 0 Å². The van der Waals surface area contributed by atoms with Crippen molar-refractivity contribution in [3.05, 3.63) is 48.0 Å². The predicted octanol–water partition coefficient (Wildman–Crippen LogP) is 4.29. The van der Waals surface area contributed by atoms with Crippen LogP contribution in [0.4, 0.5) is 4.79 Å². The zero-order chi connectivity index (χ0) is 18.0. The number of primary amides is 1. The van der Waals surface area contributed by atoms with Crippen molar-refractivity contribution >= 4 is 33.9 Å². The van der Waals surface area contributed by atoms with Crippen molar-refractivity contribution in [1.82, 2.24) is 5.06 Å². The number of hydroxylamine groups is 2. The lowest BCUT2D eigenvalue weighted by molar-refractivity contribution is -0.183. The highest BCUT2D eigenvalue weighted by Gasteiger charge is 2.24. The average molecular weight is 340 g/mol. The van der Waals surface area contributed by atoms with Gasteiger partial charge in [0, 0.05) is 17.2 Å². The number of nitrogens with zero attached hydrogens (tertiary/aromatic N) is 1. The number of rotatable bonds is 4. The van der Waals surface area contributed by atoms with Crippen molar-refractivity contribution in [2.45, 2.75) is 32.7 Å². The van der Waals surface area contributed by atoms with Crippen molar-refractivity contribution in [2.24, 2.45) is 5.73 Å². The fourth-order valence-corrected chi connectivity index (χ4v) is 2.81. The molecule has 0 saturated heterocycles. The van der Waals surface area contributed by atoms with Gasteiger partial charge in [-0.25, -0.2) is 9.59 Å². The summed E-state index contributed by atoms with van der Waals surface area (Å²) in [6, 6.07) is 12.1. The number of furan rings is 1. The molecule has 25 heavy (non-hydrogen) atoms. The molecule has 0 aliphatic heterocycles. The van der Waals surface area contributed by atoms with Crippen LogP contribution in [-0.4, -0.2) is 17.1 Å². The minimum atomic E-state index is -0.818. The highest BCUT2D eigenvalue weighted by molar-refractivity contribution is 6.04. The van der Waals surface area contributed by atoms with Gasteiger partial charge in [0.2, 0.25) is 0 Å². The lowest BCUT2D eigenvalue weighted by Gasteiger charge is -2.25. The molecule has 1 unspecified atom stereocenters. The van der Waals surface area contributed by atoms with Crippen molar-refractivity contribution in [2.75, 3.05) is 0 Å². The van der Waals surface area contributed by atoms with Crippen LogP contribution in [0.25, 0.3) is 21.9 Å². The van der Waals surface area contributed by atoms with E-state index in [1.807, 2.05) is 49.4 Å². The summed E-state index contributed by atoms with van der Waals surface area (Å²) >= 11 is 0. The minimum Gasteiger partial charge on any atom is -0.456 e. The van der Waals surface area contributed by atoms with Crippen molar-refractivity contribution in [3.8, 4) is 0 Å². The molecule has 1 atom stereocenters. The Labute approximate surface area is 145 Å². The standard InChI is InChI=1S/C19H20N2O4/c1-3-6-18(22)25-21(19(20)23)12(2)13-9-10-15-14-7-4-5-8-16(14)24-17(15)11-13/h4-5,7-12H,3,6H2,1-2H3,(H2,20,23). The summed E-state index contributed by atoms with van der Waals surface area (Å²) in [5.41, 5.74) is 7.64. The fourth-order valence-electron chi connectivity index (χ4n) is 2.81. The largest absolute Gasteiger partial charge is 0.456 e. The maximum absolute atomic E-state index is 11.7. The van der Waals surface area contributed by atoms with Gasteiger partial charge in [0.25, 0.3) is 0 Å². The molecule has 2 N–H and O–H groups in total. The Kier molecular flexibility index (Phi) is 4.61. The molecule has 0 bridgehead atoms. The second-order valence-electron chi connectivity index (χ2n) is 5.91. The minimum absolute atomic E-state index is 0.221. The summed E-state index contributed by atoms with van der Waals surface area (Å²) < 4.78 is 5.86. The summed E-state index contributed by atoms with van der Waals surface area (Å²) in [7, 11) is 0. The van der Waals surface area contributed by atoms with Crippen LogP contribution in [0.2, 0.25) is 0 Å². The lowest BCUT2D eigenvalue weighted by Crippen LogP contribution is -2.39. The molecule has 0 spiro atoms. The normalized spacial score (nSPS) is 12.2. The topological polar surface area (TPSA) is 85.8 Å². The van der Waals surface area contributed by atoms with Crippen LogP contribution in [0.5, 0.6) is 0 Å². The molecule has 6 heteroatoms. The first-order chi connectivity index (χ1) is 12.0. The van der Waals surface area contributed by atoms with Gasteiger partial charge in [-0.2, -0.15) is 0 Å². The van der Waals surface area contributed by atoms with E-state index < -0.39 is 18.0 Å². The van der Waals surface area contributed by atoms with Crippen molar-refractivity contribution in [3.63, 3.8) is 0 Å². The van der Waals surface area contributed by atoms with Crippen LogP contribution in [0, 0.1) is 0 Å². The third kappa shape index (κ3) is 3.28. The van der Waals surface area contributed by atoms with Gasteiger partial charge >= 0.3 is 12.0 Å². The van der Waals surface area contributed by atoms with Gasteiger partial charge in [-0.3, -0.25) is 0 Å². The highest BCUT2D eigenvalue weighted by Crippen LogP contribution is 2.31. The van der Waals surface area contributed by atoms with Gasteiger partial charge in [-0.15, -0.1) is 5.06 Å². The smallest absolute Gasteiger partial charge is 0.348 e. The van der Waals surface area contributed by atoms with Crippen molar-refractivity contribution in [1.29, 1.82) is 0 Å². The number of carbonyl (C=O) groups excluding carboxylic acids is 2. The van der Waals surface area contributed by atoms with Crippen LogP contribution >= 0.6 is 0 Å². The van der Waals surface area contributed by atoms with Gasteiger partial charge in [0.05, 0.1) is 6.04 Å². The molecule has 0 radical (unpaired) electrons. The number of para-hydroxylation sites is 1. The molecule has 0 saturated carbocycles. The second-order valence-corrected chi connectivity index (χ2v) is 5.91. The van der Waals surface area contributed by atoms with Crippen LogP contribution in [0.15, 0.2) is 46.9 Å². The van der Waals surface area contributed by atoms with E-state index in [1.54, 1.807) is 6.92 Å². The first-order valence-corrected chi connectivity index (χ1v) is 8.22. The molecule has 1 heterocycles. The maximum Gasteiger partial charge on any atom is 0.348 e. The highest BCUT2D eigenvalue weighted by atomic mass is 16.7. The fraction of sp³-hybridized carbons (Fsp3) is 0.263. The maximum atomic E-state index is 11.7. The van der Waals surface area contributed by atoms with Crippen molar-refractivity contribution < 1.29 is 18.8 Å². The summed E-state index contributed by atoms with van der Waals surface area (Å²) in [5.74, 6) is -0.488. The van der Waals surface area contributed by atoms with Gasteiger partial charge in [0.15, 0.2) is 0 Å². The molecule has 2 amide bonds. The van der Waals surface area contributed by atoms with E-state index >= 15 is 0 Å². The van der Waals surface area contributed by atoms with Gasteiger partial charge in [-0.1, -0.05) is 37.3 Å². The second kappa shape index (κ2) is 6.84. The summed E-state index contributed by atoms with van der Waals surface area (Å²) in [4.78, 5) is 28.6. The van der Waals surface area contributed by atoms with Gasteiger partial charge in [-0.05, 0) is 31.0 Å². The van der Waals surface area contributed by atoms with E-state index in [1.165, 1.54) is 0 Å². The number of carbonyl (C=O) groups is 2. The molecule has 0 aliphatic rings. The Morgan fingerprint density at radius 2 is 1.88 bits per heavy atom. The summed E-state index contributed by atoms with van der Waals surface area (Å²) in [6.07, 6.45) is 0.851. The third-order valence-electron chi connectivity index (χ3n) is 4.11. The molecule has 3 rings (SSSR count). The molecule has 130 valence electrons. The first kappa shape index (κ1) is 16.8. The number of hydrogen-bond acceptors (Lipinski definition) is 4. The molecular weight excluding hydrogens is 320 g/mol. The quantitative estimate of drug-likeness (QED) is 0.718. The number of urea groups is 1. The zero-order valence-electron chi connectivity index (χ0n) is 14.2. The van der Waals surface area contributed by atoms with E-state index in [2.05, 4.69) is 0 Å². The number of fused-ring (bicyclic) bond motifs is 3. The van der Waals surface area contributed by atoms with Crippen LogP contribution < -0.4 is 5.73 Å². The number of hydrogen-bond donors (Lipinski definition) is 1. The number of nitrogens with two attached hydrogens (primary N) is 1. The summed E-state index contributed by atoms with van der Waals surface area (Å²) in [5, 5.41) is 2.92. The van der Waals surface area contributed by atoms with Crippen LogP contribution in [-0.2, 0) is 9.63 Å². The molecule has 0 fully saturated rings. The van der Waals surface area contributed by atoms with E-state index in [-0.39, 0.29) is 6.42 Å². The first-order valence-electron chi connectivity index (χ1n) is 8.22. The van der Waals surface area contributed by atoms with Crippen LogP contribution in [0.1, 0.15) is 38.3 Å². The Hall–Kier alpha value is -3.02. The Bertz CT molecular complexity index is 931. The SMILES string of the molecule is CCCC(=O)ON(C(N)=O)C(C)c1ccc2c(c1)oc1ccccc12. The predicted molar refractivity (Wildman–Crippen MR) is 94.6 cm³/mol. The number of benzene rings is 2. The summed E-state index contributed by atoms with van der Waals surface area (Å²) in [6.45, 7) is 3.60. The zero-order valence-corrected chi connectivity index (χ0v) is 14.2. The van der Waals surface area contributed by atoms with E-state index in [0.717, 1.165) is 27.0 Å². The Morgan fingerprint density at radius 3 is 2.60 bits per heavy atom. The van der Waals surface area contributed by atoms with E-state index in [4.69, 9.17) is 15.0 Å². The van der Waals surface area contributed by atoms with E-state index in [9.17, 15) is 9.59 Å². The third-order valence-corrected chi connectivity index (χ3v) is 4.11. The molecule has 6 nitrogen and oxygen atoms in total.